The zero-order valence-corrected chi connectivity index (χ0v) is 12.9. The molecule has 0 bridgehead atoms. The summed E-state index contributed by atoms with van der Waals surface area (Å²) in [6.07, 6.45) is 2.55. The maximum absolute atomic E-state index is 11.9. The van der Waals surface area contributed by atoms with Gasteiger partial charge in [-0.25, -0.2) is 9.63 Å². The molecule has 0 aromatic heterocycles. The van der Waals surface area contributed by atoms with Crippen molar-refractivity contribution in [2.45, 2.75) is 19.4 Å². The number of hydrogen-bond donors (Lipinski definition) is 2. The van der Waals surface area contributed by atoms with Crippen LogP contribution in [0.5, 0.6) is 5.75 Å². The molecule has 1 unspecified atom stereocenters. The van der Waals surface area contributed by atoms with E-state index < -0.39 is 12.0 Å². The van der Waals surface area contributed by atoms with Crippen LogP contribution in [0.2, 0.25) is 0 Å². The summed E-state index contributed by atoms with van der Waals surface area (Å²) in [5.41, 5.74) is 0.645. The Morgan fingerprint density at radius 3 is 2.50 bits per heavy atom. The lowest BCUT2D eigenvalue weighted by molar-refractivity contribution is -0.136. The van der Waals surface area contributed by atoms with Gasteiger partial charge in [-0.3, -0.25) is 4.79 Å². The number of anilines is 1. The molecule has 0 radical (unpaired) electrons. The fraction of sp³-hybridized carbons (Fsp3) is 0.385. The van der Waals surface area contributed by atoms with Crippen LogP contribution in [0.3, 0.4) is 0 Å². The molecule has 2 N–H and O–H groups in total. The molecule has 0 aliphatic rings. The first kappa shape index (κ1) is 16.8. The summed E-state index contributed by atoms with van der Waals surface area (Å²) in [6.45, 7) is 1.43. The van der Waals surface area contributed by atoms with Crippen molar-refractivity contribution in [3.05, 3.63) is 24.3 Å². The van der Waals surface area contributed by atoms with Gasteiger partial charge in [0.2, 0.25) is 5.91 Å². The van der Waals surface area contributed by atoms with Crippen LogP contribution in [0.25, 0.3) is 0 Å². The lowest BCUT2D eigenvalue weighted by Gasteiger charge is -2.13. The number of carbonyl (C=O) groups excluding carboxylic acids is 2. The summed E-state index contributed by atoms with van der Waals surface area (Å²) in [6, 6.07) is 6.01. The molecular weight excluding hydrogens is 300 g/mol. The van der Waals surface area contributed by atoms with E-state index in [0.29, 0.717) is 17.9 Å². The Labute approximate surface area is 127 Å². The first-order valence-corrected chi connectivity index (χ1v) is 7.78. The normalized spacial score (nSPS) is 11.8. The van der Waals surface area contributed by atoms with Crippen LogP contribution in [0.15, 0.2) is 24.3 Å². The summed E-state index contributed by atoms with van der Waals surface area (Å²) < 4.78 is 5.22. The largest absolute Gasteiger partial charge is 0.425 e. The van der Waals surface area contributed by atoms with Crippen molar-refractivity contribution in [2.24, 2.45) is 0 Å². The van der Waals surface area contributed by atoms with Crippen molar-refractivity contribution < 1.29 is 14.3 Å². The lowest BCUT2D eigenvalue weighted by atomic mass is 10.2. The van der Waals surface area contributed by atoms with Crippen molar-refractivity contribution in [3.8, 4) is 5.75 Å². The minimum atomic E-state index is -0.542. The van der Waals surface area contributed by atoms with Gasteiger partial charge >= 0.3 is 5.97 Å². The smallest absolute Gasteiger partial charge is 0.329 e. The van der Waals surface area contributed by atoms with Gasteiger partial charge in [0.1, 0.15) is 11.8 Å². The standard InChI is InChI=1S/C13H17ClN2O3S/c1-9(17)15-10-3-5-11(6-4-10)19-13(18)12(16-14)7-8-20-2/h3-6,12,16H,7-8H2,1-2H3,(H,15,17). The zero-order valence-electron chi connectivity index (χ0n) is 11.3. The number of thioether (sulfide) groups is 1. The van der Waals surface area contributed by atoms with E-state index in [9.17, 15) is 9.59 Å². The molecule has 0 saturated heterocycles. The van der Waals surface area contributed by atoms with Crippen molar-refractivity contribution in [2.75, 3.05) is 17.3 Å². The first-order valence-electron chi connectivity index (χ1n) is 6.01. The minimum Gasteiger partial charge on any atom is -0.425 e. The van der Waals surface area contributed by atoms with E-state index >= 15 is 0 Å². The number of ether oxygens (including phenoxy) is 1. The van der Waals surface area contributed by atoms with E-state index in [4.69, 9.17) is 16.5 Å². The maximum Gasteiger partial charge on any atom is 0.329 e. The molecule has 0 heterocycles. The number of amides is 1. The maximum atomic E-state index is 11.9. The molecule has 0 aliphatic carbocycles. The Hall–Kier alpha value is -1.24. The topological polar surface area (TPSA) is 67.4 Å². The summed E-state index contributed by atoms with van der Waals surface area (Å²) in [4.78, 5) is 25.2. The first-order chi connectivity index (χ1) is 9.56. The van der Waals surface area contributed by atoms with Crippen LogP contribution in [-0.4, -0.2) is 29.9 Å². The molecule has 7 heteroatoms. The van der Waals surface area contributed by atoms with E-state index in [1.807, 2.05) is 6.26 Å². The molecular formula is C13H17ClN2O3S. The summed E-state index contributed by atoms with van der Waals surface area (Å²) in [7, 11) is 0. The van der Waals surface area contributed by atoms with Crippen LogP contribution in [0, 0.1) is 0 Å². The van der Waals surface area contributed by atoms with Gasteiger partial charge in [0, 0.05) is 12.6 Å². The third-order valence-electron chi connectivity index (χ3n) is 2.42. The van der Waals surface area contributed by atoms with Crippen LogP contribution < -0.4 is 14.9 Å². The van der Waals surface area contributed by atoms with Crippen LogP contribution in [-0.2, 0) is 9.59 Å². The summed E-state index contributed by atoms with van der Waals surface area (Å²) >= 11 is 7.17. The number of esters is 1. The highest BCUT2D eigenvalue weighted by Crippen LogP contribution is 2.16. The molecule has 110 valence electrons. The highest BCUT2D eigenvalue weighted by atomic mass is 35.5. The Morgan fingerprint density at radius 1 is 1.35 bits per heavy atom. The van der Waals surface area contributed by atoms with Crippen LogP contribution >= 0.6 is 23.5 Å². The molecule has 1 aromatic carbocycles. The number of carbonyl (C=O) groups is 2. The molecule has 0 spiro atoms. The second-order valence-corrected chi connectivity index (χ2v) is 5.27. The highest BCUT2D eigenvalue weighted by Gasteiger charge is 2.19. The lowest BCUT2D eigenvalue weighted by Crippen LogP contribution is -2.35. The molecule has 20 heavy (non-hydrogen) atoms. The summed E-state index contributed by atoms with van der Waals surface area (Å²) in [5.74, 6) is 0.630. The molecule has 1 rings (SSSR count). The SMILES string of the molecule is CSCCC(NCl)C(=O)Oc1ccc(NC(C)=O)cc1. The number of hydrogen-bond acceptors (Lipinski definition) is 5. The molecule has 0 saturated carbocycles. The third-order valence-corrected chi connectivity index (χ3v) is 3.33. The van der Waals surface area contributed by atoms with Gasteiger partial charge in [-0.05, 0) is 54.5 Å². The highest BCUT2D eigenvalue weighted by molar-refractivity contribution is 7.98. The van der Waals surface area contributed by atoms with Gasteiger partial charge in [0.25, 0.3) is 0 Å². The second kappa shape index (κ2) is 8.84. The van der Waals surface area contributed by atoms with Crippen molar-refractivity contribution >= 4 is 41.1 Å². The molecule has 1 aromatic rings. The number of nitrogens with one attached hydrogen (secondary N) is 2. The van der Waals surface area contributed by atoms with Crippen molar-refractivity contribution in [3.63, 3.8) is 0 Å². The van der Waals surface area contributed by atoms with Gasteiger partial charge in [-0.1, -0.05) is 0 Å². The monoisotopic (exact) mass is 316 g/mol. The van der Waals surface area contributed by atoms with Gasteiger partial charge in [-0.15, -0.1) is 0 Å². The average molecular weight is 317 g/mol. The Morgan fingerprint density at radius 2 is 2.00 bits per heavy atom. The fourth-order valence-electron chi connectivity index (χ4n) is 1.45. The zero-order chi connectivity index (χ0) is 15.0. The van der Waals surface area contributed by atoms with Gasteiger partial charge in [0.15, 0.2) is 0 Å². The number of halogens is 1. The van der Waals surface area contributed by atoms with E-state index in [1.165, 1.54) is 6.92 Å². The minimum absolute atomic E-state index is 0.154. The Kier molecular flexibility index (Phi) is 7.43. The Bertz CT molecular complexity index is 453. The van der Waals surface area contributed by atoms with Crippen LogP contribution in [0.1, 0.15) is 13.3 Å². The quantitative estimate of drug-likeness (QED) is 0.459. The average Bonchev–Trinajstić information content (AvgIpc) is 2.41. The van der Waals surface area contributed by atoms with Gasteiger partial charge in [-0.2, -0.15) is 11.8 Å². The third kappa shape index (κ3) is 5.81. The van der Waals surface area contributed by atoms with Gasteiger partial charge in [0.05, 0.1) is 0 Å². The van der Waals surface area contributed by atoms with E-state index in [-0.39, 0.29) is 5.91 Å². The predicted octanol–water partition coefficient (Wildman–Crippen LogP) is 2.42. The molecule has 1 amide bonds. The molecule has 1 atom stereocenters. The molecule has 0 aliphatic heterocycles. The fourth-order valence-corrected chi connectivity index (χ4v) is 2.12. The summed E-state index contributed by atoms with van der Waals surface area (Å²) in [5, 5.41) is 2.63. The van der Waals surface area contributed by atoms with Gasteiger partial charge < -0.3 is 10.1 Å². The van der Waals surface area contributed by atoms with Crippen molar-refractivity contribution in [1.29, 1.82) is 0 Å². The van der Waals surface area contributed by atoms with E-state index in [0.717, 1.165) is 5.75 Å². The Balaban J connectivity index is 2.58. The van der Waals surface area contributed by atoms with E-state index in [1.54, 1.807) is 36.0 Å². The molecule has 0 fully saturated rings. The van der Waals surface area contributed by atoms with Crippen LogP contribution in [0.4, 0.5) is 5.69 Å². The van der Waals surface area contributed by atoms with Crippen molar-refractivity contribution in [1.82, 2.24) is 4.84 Å². The second-order valence-electron chi connectivity index (χ2n) is 4.07. The number of rotatable bonds is 7. The predicted molar refractivity (Wildman–Crippen MR) is 82.2 cm³/mol. The number of benzene rings is 1. The molecule has 5 nitrogen and oxygen atoms in total. The van der Waals surface area contributed by atoms with E-state index in [2.05, 4.69) is 10.2 Å².